The van der Waals surface area contributed by atoms with E-state index in [1.54, 1.807) is 6.92 Å². The van der Waals surface area contributed by atoms with Gasteiger partial charge in [-0.2, -0.15) is 0 Å². The molecule has 1 aromatic rings. The van der Waals surface area contributed by atoms with Crippen molar-refractivity contribution in [2.75, 3.05) is 6.61 Å². The molecule has 1 heterocycles. The van der Waals surface area contributed by atoms with Crippen LogP contribution in [0.5, 0.6) is 0 Å². The first-order valence-electron chi connectivity index (χ1n) is 10.7. The van der Waals surface area contributed by atoms with Crippen molar-refractivity contribution in [3.8, 4) is 0 Å². The molecule has 5 rings (SSSR count). The predicted octanol–water partition coefficient (Wildman–Crippen LogP) is 3.98. The summed E-state index contributed by atoms with van der Waals surface area (Å²) >= 11 is 0. The van der Waals surface area contributed by atoms with Crippen molar-refractivity contribution in [3.05, 3.63) is 17.0 Å². The molecule has 0 aromatic carbocycles. The van der Waals surface area contributed by atoms with Crippen LogP contribution in [0.1, 0.15) is 87.0 Å². The van der Waals surface area contributed by atoms with Gasteiger partial charge >= 0.3 is 5.97 Å². The highest BCUT2D eigenvalue weighted by atomic mass is 16.5. The molecular formula is C22H32N2O4. The van der Waals surface area contributed by atoms with Gasteiger partial charge in [0.05, 0.1) is 5.69 Å². The summed E-state index contributed by atoms with van der Waals surface area (Å²) < 4.78 is 10.5. The van der Waals surface area contributed by atoms with Gasteiger partial charge in [-0.1, -0.05) is 19.0 Å². The number of esters is 1. The van der Waals surface area contributed by atoms with Crippen molar-refractivity contribution >= 4 is 11.9 Å². The average Bonchev–Trinajstić information content (AvgIpc) is 3.00. The zero-order chi connectivity index (χ0) is 20.1. The van der Waals surface area contributed by atoms with E-state index in [9.17, 15) is 9.59 Å². The van der Waals surface area contributed by atoms with Gasteiger partial charge in [-0.25, -0.2) is 4.79 Å². The van der Waals surface area contributed by atoms with E-state index in [1.807, 2.05) is 13.8 Å². The summed E-state index contributed by atoms with van der Waals surface area (Å²) in [7, 11) is 0. The fraction of sp³-hybridized carbons (Fsp3) is 0.773. The van der Waals surface area contributed by atoms with E-state index in [0.717, 1.165) is 17.8 Å². The number of ether oxygens (including phenoxy) is 1. The standard InChI is InChI=1S/C22H32N2O4/c1-12(2)20-19(13(3)24-28-20)21(26)27-11-18(25)23-14(4)22-8-15-5-16(9-22)7-17(6-15)10-22/h12,14-17H,5-11H2,1-4H3,(H,23,25)/t14-,15?,16?,17?,22?/m1/s1. The molecule has 0 unspecified atom stereocenters. The normalized spacial score (nSPS) is 31.8. The van der Waals surface area contributed by atoms with Gasteiger partial charge in [-0.15, -0.1) is 0 Å². The number of hydrogen-bond donors (Lipinski definition) is 1. The number of rotatable bonds is 6. The van der Waals surface area contributed by atoms with Crippen LogP contribution in [0.4, 0.5) is 0 Å². The van der Waals surface area contributed by atoms with Gasteiger partial charge in [0.25, 0.3) is 5.91 Å². The summed E-state index contributed by atoms with van der Waals surface area (Å²) in [5.41, 5.74) is 1.08. The fourth-order valence-corrected chi connectivity index (χ4v) is 6.38. The molecular weight excluding hydrogens is 356 g/mol. The van der Waals surface area contributed by atoms with Crippen LogP contribution in [0.25, 0.3) is 0 Å². The maximum absolute atomic E-state index is 12.5. The molecule has 1 N–H and O–H groups in total. The third-order valence-corrected chi connectivity index (χ3v) is 7.33. The Morgan fingerprint density at radius 3 is 2.25 bits per heavy atom. The van der Waals surface area contributed by atoms with Gasteiger partial charge in [0.2, 0.25) is 0 Å². The van der Waals surface area contributed by atoms with Crippen LogP contribution in [-0.2, 0) is 9.53 Å². The predicted molar refractivity (Wildman–Crippen MR) is 104 cm³/mol. The van der Waals surface area contributed by atoms with Gasteiger partial charge in [-0.05, 0) is 75.5 Å². The molecule has 28 heavy (non-hydrogen) atoms. The van der Waals surface area contributed by atoms with Crippen molar-refractivity contribution < 1.29 is 18.8 Å². The van der Waals surface area contributed by atoms with E-state index in [0.29, 0.717) is 17.0 Å². The molecule has 0 radical (unpaired) electrons. The lowest BCUT2D eigenvalue weighted by Gasteiger charge is -2.59. The van der Waals surface area contributed by atoms with Crippen molar-refractivity contribution in [1.29, 1.82) is 0 Å². The highest BCUT2D eigenvalue weighted by molar-refractivity contribution is 5.93. The minimum absolute atomic E-state index is 0.0219. The Kier molecular flexibility index (Phi) is 5.00. The van der Waals surface area contributed by atoms with Gasteiger partial charge in [0, 0.05) is 12.0 Å². The molecule has 1 amide bonds. The molecule has 0 aliphatic heterocycles. The molecule has 4 bridgehead atoms. The van der Waals surface area contributed by atoms with E-state index in [2.05, 4.69) is 17.4 Å². The summed E-state index contributed by atoms with van der Waals surface area (Å²) in [6.07, 6.45) is 7.85. The van der Waals surface area contributed by atoms with E-state index < -0.39 is 5.97 Å². The second kappa shape index (κ2) is 7.20. The molecule has 1 aromatic heterocycles. The third kappa shape index (κ3) is 3.46. The van der Waals surface area contributed by atoms with Crippen molar-refractivity contribution in [3.63, 3.8) is 0 Å². The Hall–Kier alpha value is -1.85. The summed E-state index contributed by atoms with van der Waals surface area (Å²) in [6.45, 7) is 7.43. The van der Waals surface area contributed by atoms with Crippen LogP contribution in [0.15, 0.2) is 4.52 Å². The first-order chi connectivity index (χ1) is 13.3. The van der Waals surface area contributed by atoms with Crippen molar-refractivity contribution in [2.24, 2.45) is 23.2 Å². The summed E-state index contributed by atoms with van der Waals surface area (Å²) in [5, 5.41) is 7.00. The van der Waals surface area contributed by atoms with E-state index in [-0.39, 0.29) is 29.9 Å². The zero-order valence-corrected chi connectivity index (χ0v) is 17.4. The van der Waals surface area contributed by atoms with Crippen LogP contribution in [0.2, 0.25) is 0 Å². The Morgan fingerprint density at radius 1 is 1.14 bits per heavy atom. The Balaban J connectivity index is 1.34. The SMILES string of the molecule is Cc1noc(C(C)C)c1C(=O)OCC(=O)N[C@H](C)C12CC3CC(CC(C3)C1)C2. The Labute approximate surface area is 166 Å². The molecule has 4 fully saturated rings. The van der Waals surface area contributed by atoms with E-state index in [4.69, 9.17) is 9.26 Å². The number of carbonyl (C=O) groups excluding carboxylic acids is 2. The maximum Gasteiger partial charge on any atom is 0.344 e. The number of hydrogen-bond acceptors (Lipinski definition) is 5. The molecule has 6 nitrogen and oxygen atoms in total. The highest BCUT2D eigenvalue weighted by Crippen LogP contribution is 2.61. The maximum atomic E-state index is 12.5. The van der Waals surface area contributed by atoms with Crippen molar-refractivity contribution in [2.45, 2.75) is 78.2 Å². The van der Waals surface area contributed by atoms with Crippen LogP contribution >= 0.6 is 0 Å². The average molecular weight is 389 g/mol. The van der Waals surface area contributed by atoms with Gasteiger partial charge in [-0.3, -0.25) is 4.79 Å². The third-order valence-electron chi connectivity index (χ3n) is 7.33. The second-order valence-corrected chi connectivity index (χ2v) is 9.81. The summed E-state index contributed by atoms with van der Waals surface area (Å²) in [4.78, 5) is 25.0. The number of aromatic nitrogens is 1. The first kappa shape index (κ1) is 19.5. The van der Waals surface area contributed by atoms with E-state index in [1.165, 1.54) is 38.5 Å². The molecule has 0 saturated heterocycles. The lowest BCUT2D eigenvalue weighted by atomic mass is 9.48. The van der Waals surface area contributed by atoms with Gasteiger partial charge in [0.15, 0.2) is 12.4 Å². The molecule has 4 aliphatic rings. The monoisotopic (exact) mass is 388 g/mol. The van der Waals surface area contributed by atoms with Crippen molar-refractivity contribution in [1.82, 2.24) is 10.5 Å². The van der Waals surface area contributed by atoms with Crippen LogP contribution in [0, 0.1) is 30.1 Å². The van der Waals surface area contributed by atoms with Gasteiger partial charge < -0.3 is 14.6 Å². The van der Waals surface area contributed by atoms with Crippen LogP contribution < -0.4 is 5.32 Å². The summed E-state index contributed by atoms with van der Waals surface area (Å²) in [5.74, 6) is 2.29. The quantitative estimate of drug-likeness (QED) is 0.745. The van der Waals surface area contributed by atoms with Gasteiger partial charge in [0.1, 0.15) is 5.56 Å². The first-order valence-corrected chi connectivity index (χ1v) is 10.7. The lowest BCUT2D eigenvalue weighted by Crippen LogP contribution is -2.56. The summed E-state index contributed by atoms with van der Waals surface area (Å²) in [6, 6.07) is 0.121. The molecule has 4 aliphatic carbocycles. The second-order valence-electron chi connectivity index (χ2n) is 9.81. The molecule has 6 heteroatoms. The Morgan fingerprint density at radius 2 is 1.71 bits per heavy atom. The topological polar surface area (TPSA) is 81.4 Å². The van der Waals surface area contributed by atoms with Crippen LogP contribution in [-0.4, -0.2) is 29.7 Å². The number of nitrogens with zero attached hydrogens (tertiary/aromatic N) is 1. The molecule has 0 spiro atoms. The minimum Gasteiger partial charge on any atom is -0.452 e. The van der Waals surface area contributed by atoms with Crippen LogP contribution in [0.3, 0.4) is 0 Å². The molecule has 4 saturated carbocycles. The number of amides is 1. The number of nitrogens with one attached hydrogen (secondary N) is 1. The lowest BCUT2D eigenvalue weighted by molar-refractivity contribution is -0.128. The van der Waals surface area contributed by atoms with E-state index >= 15 is 0 Å². The number of carbonyl (C=O) groups is 2. The minimum atomic E-state index is -0.542. The smallest absolute Gasteiger partial charge is 0.344 e. The zero-order valence-electron chi connectivity index (χ0n) is 17.4. The Bertz CT molecular complexity index is 731. The number of aryl methyl sites for hydroxylation is 1. The fourth-order valence-electron chi connectivity index (χ4n) is 6.38. The largest absolute Gasteiger partial charge is 0.452 e. The molecule has 1 atom stereocenters. The highest BCUT2D eigenvalue weighted by Gasteiger charge is 2.53. The molecule has 154 valence electrons.